The van der Waals surface area contributed by atoms with Gasteiger partial charge in [0.1, 0.15) is 18.1 Å². The largest absolute Gasteiger partial charge is 0.489 e. The summed E-state index contributed by atoms with van der Waals surface area (Å²) in [6, 6.07) is 13.3. The van der Waals surface area contributed by atoms with E-state index in [-0.39, 0.29) is 25.1 Å². The molecule has 0 unspecified atom stereocenters. The summed E-state index contributed by atoms with van der Waals surface area (Å²) in [5, 5.41) is 9.25. The van der Waals surface area contributed by atoms with Gasteiger partial charge in [0.05, 0.1) is 22.5 Å². The molecule has 3 amide bonds. The first-order valence-corrected chi connectivity index (χ1v) is 9.96. The van der Waals surface area contributed by atoms with Crippen molar-refractivity contribution < 1.29 is 23.6 Å². The topological polar surface area (TPSA) is 137 Å². The summed E-state index contributed by atoms with van der Waals surface area (Å²) < 4.78 is 10.9. The van der Waals surface area contributed by atoms with Crippen LogP contribution in [-0.2, 0) is 11.4 Å². The molecule has 3 aromatic rings. The van der Waals surface area contributed by atoms with Crippen molar-refractivity contribution in [3.8, 4) is 5.75 Å². The molecule has 9 nitrogen and oxygen atoms in total. The molecule has 32 heavy (non-hydrogen) atoms. The van der Waals surface area contributed by atoms with Crippen LogP contribution in [0, 0.1) is 13.8 Å². The minimum atomic E-state index is -0.511. The van der Waals surface area contributed by atoms with Gasteiger partial charge in [-0.25, -0.2) is 0 Å². The van der Waals surface area contributed by atoms with Crippen molar-refractivity contribution in [3.63, 3.8) is 0 Å². The van der Waals surface area contributed by atoms with Crippen molar-refractivity contribution in [2.75, 3.05) is 11.9 Å². The molecular formula is C23H24N4O5. The summed E-state index contributed by atoms with van der Waals surface area (Å²) in [5.41, 5.74) is 7.68. The number of hydrogen-bond donors (Lipinski definition) is 3. The number of hydrogen-bond acceptors (Lipinski definition) is 6. The lowest BCUT2D eigenvalue weighted by atomic mass is 10.1. The van der Waals surface area contributed by atoms with E-state index in [1.807, 2.05) is 13.8 Å². The number of aromatic nitrogens is 1. The monoisotopic (exact) mass is 436 g/mol. The summed E-state index contributed by atoms with van der Waals surface area (Å²) in [6.45, 7) is 4.02. The molecular weight excluding hydrogens is 412 g/mol. The van der Waals surface area contributed by atoms with E-state index in [1.165, 1.54) is 0 Å². The Bertz CT molecular complexity index is 1120. The summed E-state index contributed by atoms with van der Waals surface area (Å²) in [6.07, 6.45) is 0.0288. The Morgan fingerprint density at radius 3 is 2.56 bits per heavy atom. The number of primary amides is 1. The van der Waals surface area contributed by atoms with E-state index in [2.05, 4.69) is 15.8 Å². The zero-order chi connectivity index (χ0) is 23.1. The average molecular weight is 436 g/mol. The molecule has 0 aliphatic heterocycles. The number of benzene rings is 2. The van der Waals surface area contributed by atoms with Crippen LogP contribution in [0.4, 0.5) is 5.69 Å². The van der Waals surface area contributed by atoms with E-state index in [0.717, 1.165) is 11.3 Å². The van der Waals surface area contributed by atoms with Crippen LogP contribution in [0.15, 0.2) is 53.1 Å². The average Bonchev–Trinajstić information content (AvgIpc) is 3.09. The number of amides is 3. The molecule has 1 heterocycles. The van der Waals surface area contributed by atoms with Crippen LogP contribution in [0.25, 0.3) is 0 Å². The van der Waals surface area contributed by atoms with Crippen LogP contribution in [0.5, 0.6) is 5.75 Å². The number of ether oxygens (including phenoxy) is 1. The van der Waals surface area contributed by atoms with Crippen LogP contribution in [0.3, 0.4) is 0 Å². The van der Waals surface area contributed by atoms with Crippen LogP contribution in [0.1, 0.15) is 44.2 Å². The number of anilines is 1. The highest BCUT2D eigenvalue weighted by Gasteiger charge is 2.15. The first-order valence-electron chi connectivity index (χ1n) is 9.96. The lowest BCUT2D eigenvalue weighted by molar-refractivity contribution is -0.117. The smallest absolute Gasteiger partial charge is 0.255 e. The number of carbonyl (C=O) groups is 3. The van der Waals surface area contributed by atoms with Gasteiger partial charge in [-0.15, -0.1) is 0 Å². The van der Waals surface area contributed by atoms with Gasteiger partial charge in [0.2, 0.25) is 5.91 Å². The predicted octanol–water partition coefficient (Wildman–Crippen LogP) is 2.73. The Morgan fingerprint density at radius 1 is 1.06 bits per heavy atom. The zero-order valence-corrected chi connectivity index (χ0v) is 17.8. The van der Waals surface area contributed by atoms with E-state index in [0.29, 0.717) is 22.8 Å². The van der Waals surface area contributed by atoms with Crippen LogP contribution >= 0.6 is 0 Å². The molecule has 0 bridgehead atoms. The van der Waals surface area contributed by atoms with Gasteiger partial charge in [-0.05, 0) is 44.2 Å². The van der Waals surface area contributed by atoms with Gasteiger partial charge >= 0.3 is 0 Å². The minimum Gasteiger partial charge on any atom is -0.489 e. The maximum Gasteiger partial charge on any atom is 0.255 e. The van der Waals surface area contributed by atoms with Crippen molar-refractivity contribution in [1.29, 1.82) is 0 Å². The Labute approximate surface area is 184 Å². The fourth-order valence-electron chi connectivity index (χ4n) is 2.97. The van der Waals surface area contributed by atoms with E-state index in [1.54, 1.807) is 48.5 Å². The second-order valence-electron chi connectivity index (χ2n) is 7.09. The van der Waals surface area contributed by atoms with E-state index in [9.17, 15) is 14.4 Å². The van der Waals surface area contributed by atoms with Gasteiger partial charge < -0.3 is 25.6 Å². The quantitative estimate of drug-likeness (QED) is 0.472. The zero-order valence-electron chi connectivity index (χ0n) is 17.8. The fourth-order valence-corrected chi connectivity index (χ4v) is 2.97. The molecule has 0 radical (unpaired) electrons. The number of carbonyl (C=O) groups excluding carboxylic acids is 3. The van der Waals surface area contributed by atoms with Gasteiger partial charge in [0.15, 0.2) is 0 Å². The first-order chi connectivity index (χ1) is 15.3. The van der Waals surface area contributed by atoms with E-state index < -0.39 is 17.7 Å². The number of nitrogens with zero attached hydrogens (tertiary/aromatic N) is 1. The Morgan fingerprint density at radius 2 is 1.84 bits per heavy atom. The summed E-state index contributed by atoms with van der Waals surface area (Å²) in [4.78, 5) is 36.1. The molecule has 0 aliphatic rings. The molecule has 166 valence electrons. The normalized spacial score (nSPS) is 10.4. The van der Waals surface area contributed by atoms with Gasteiger partial charge in [-0.2, -0.15) is 0 Å². The van der Waals surface area contributed by atoms with Gasteiger partial charge in [-0.1, -0.05) is 23.4 Å². The van der Waals surface area contributed by atoms with Gasteiger partial charge in [-0.3, -0.25) is 14.4 Å². The summed E-state index contributed by atoms with van der Waals surface area (Å²) >= 11 is 0. The third-order valence-corrected chi connectivity index (χ3v) is 4.74. The highest BCUT2D eigenvalue weighted by Crippen LogP contribution is 2.20. The molecule has 3 rings (SSSR count). The van der Waals surface area contributed by atoms with Crippen molar-refractivity contribution in [2.24, 2.45) is 5.73 Å². The molecule has 0 aliphatic carbocycles. The van der Waals surface area contributed by atoms with E-state index in [4.69, 9.17) is 15.0 Å². The van der Waals surface area contributed by atoms with Crippen LogP contribution < -0.4 is 21.1 Å². The summed E-state index contributed by atoms with van der Waals surface area (Å²) in [7, 11) is 0. The fraction of sp³-hybridized carbons (Fsp3) is 0.217. The summed E-state index contributed by atoms with van der Waals surface area (Å²) in [5.74, 6) is -0.135. The molecule has 0 atom stereocenters. The Kier molecular flexibility index (Phi) is 7.22. The number of para-hydroxylation sites is 1. The molecule has 1 aromatic heterocycles. The lowest BCUT2D eigenvalue weighted by Crippen LogP contribution is -2.28. The number of nitrogens with one attached hydrogen (secondary N) is 2. The Balaban J connectivity index is 1.68. The highest BCUT2D eigenvalue weighted by atomic mass is 16.5. The molecule has 9 heteroatoms. The lowest BCUT2D eigenvalue weighted by Gasteiger charge is -2.12. The molecule has 0 fully saturated rings. The standard InChI is InChI=1S/C23H24N4O5/c1-14-19(15(2)32-27-14)13-31-17-7-5-6-16(12-17)22(29)26-20-9-4-3-8-18(20)23(30)25-11-10-21(24)28/h3-9,12H,10-11,13H2,1-2H3,(H2,24,28)(H,25,30)(H,26,29). The molecule has 4 N–H and O–H groups in total. The van der Waals surface area contributed by atoms with Gasteiger partial charge in [0, 0.05) is 18.5 Å². The van der Waals surface area contributed by atoms with Crippen molar-refractivity contribution in [2.45, 2.75) is 26.9 Å². The van der Waals surface area contributed by atoms with Crippen molar-refractivity contribution in [3.05, 3.63) is 76.7 Å². The maximum atomic E-state index is 12.8. The predicted molar refractivity (Wildman–Crippen MR) is 117 cm³/mol. The SMILES string of the molecule is Cc1noc(C)c1COc1cccc(C(=O)Nc2ccccc2C(=O)NCCC(N)=O)c1. The van der Waals surface area contributed by atoms with Crippen molar-refractivity contribution >= 4 is 23.4 Å². The van der Waals surface area contributed by atoms with Gasteiger partial charge in [0.25, 0.3) is 11.8 Å². The molecule has 2 aromatic carbocycles. The second-order valence-corrected chi connectivity index (χ2v) is 7.09. The van der Waals surface area contributed by atoms with Crippen LogP contribution in [0.2, 0.25) is 0 Å². The highest BCUT2D eigenvalue weighted by molar-refractivity contribution is 6.09. The second kappa shape index (κ2) is 10.3. The third kappa shape index (κ3) is 5.72. The maximum absolute atomic E-state index is 12.8. The first kappa shape index (κ1) is 22.5. The number of rotatable bonds is 9. The minimum absolute atomic E-state index is 0.0288. The van der Waals surface area contributed by atoms with E-state index >= 15 is 0 Å². The molecule has 0 spiro atoms. The third-order valence-electron chi connectivity index (χ3n) is 4.74. The van der Waals surface area contributed by atoms with Crippen molar-refractivity contribution in [1.82, 2.24) is 10.5 Å². The number of aryl methyl sites for hydroxylation is 2. The number of nitrogens with two attached hydrogens (primary N) is 1. The molecule has 0 saturated heterocycles. The van der Waals surface area contributed by atoms with Crippen LogP contribution in [-0.4, -0.2) is 29.4 Å². The Hall–Kier alpha value is -4.14. The molecule has 0 saturated carbocycles.